The van der Waals surface area contributed by atoms with Gasteiger partial charge in [-0.25, -0.2) is 4.98 Å². The molecule has 0 bridgehead atoms. The molecular weight excluding hydrogens is 282 g/mol. The third kappa shape index (κ3) is 3.63. The van der Waals surface area contributed by atoms with Gasteiger partial charge in [-0.2, -0.15) is 4.98 Å². The van der Waals surface area contributed by atoms with Gasteiger partial charge >= 0.3 is 0 Å². The average Bonchev–Trinajstić information content (AvgIpc) is 2.55. The first kappa shape index (κ1) is 15.6. The Morgan fingerprint density at radius 1 is 1.32 bits per heavy atom. The van der Waals surface area contributed by atoms with Crippen molar-refractivity contribution >= 4 is 23.4 Å². The highest BCUT2D eigenvalue weighted by Gasteiger charge is 2.12. The van der Waals surface area contributed by atoms with E-state index >= 15 is 0 Å². The SMILES string of the molecule is CCNC(=O)c1cc(Nc2nccc(NC)n2)ccc1OC. The number of benzene rings is 1. The van der Waals surface area contributed by atoms with Gasteiger partial charge in [-0.3, -0.25) is 4.79 Å². The zero-order valence-corrected chi connectivity index (χ0v) is 12.8. The van der Waals surface area contributed by atoms with Gasteiger partial charge in [0.15, 0.2) is 0 Å². The van der Waals surface area contributed by atoms with Crippen LogP contribution in [0.2, 0.25) is 0 Å². The number of nitrogens with zero attached hydrogens (tertiary/aromatic N) is 2. The second-order valence-electron chi connectivity index (χ2n) is 4.42. The van der Waals surface area contributed by atoms with Crippen molar-refractivity contribution in [1.29, 1.82) is 0 Å². The van der Waals surface area contributed by atoms with Crippen LogP contribution < -0.4 is 20.7 Å². The monoisotopic (exact) mass is 301 g/mol. The summed E-state index contributed by atoms with van der Waals surface area (Å²) in [6.45, 7) is 2.41. The number of amides is 1. The van der Waals surface area contributed by atoms with E-state index in [1.54, 1.807) is 37.5 Å². The first-order valence-corrected chi connectivity index (χ1v) is 6.92. The Morgan fingerprint density at radius 3 is 2.82 bits per heavy atom. The Morgan fingerprint density at radius 2 is 2.14 bits per heavy atom. The minimum atomic E-state index is -0.187. The predicted molar refractivity (Wildman–Crippen MR) is 85.9 cm³/mol. The van der Waals surface area contributed by atoms with Crippen LogP contribution in [0, 0.1) is 0 Å². The first-order chi connectivity index (χ1) is 10.7. The molecule has 7 heteroatoms. The third-order valence-corrected chi connectivity index (χ3v) is 2.95. The predicted octanol–water partition coefficient (Wildman–Crippen LogP) is 2.02. The molecule has 0 unspecified atom stereocenters. The highest BCUT2D eigenvalue weighted by molar-refractivity contribution is 5.98. The Labute approximate surface area is 129 Å². The Hall–Kier alpha value is -2.83. The molecule has 0 fully saturated rings. The van der Waals surface area contributed by atoms with E-state index in [4.69, 9.17) is 4.74 Å². The summed E-state index contributed by atoms with van der Waals surface area (Å²) in [5.41, 5.74) is 1.16. The number of carbonyl (C=O) groups excluding carboxylic acids is 1. The number of aromatic nitrogens is 2. The molecule has 2 rings (SSSR count). The molecule has 2 aromatic rings. The number of methoxy groups -OCH3 is 1. The van der Waals surface area contributed by atoms with Gasteiger partial charge in [-0.15, -0.1) is 0 Å². The Kier molecular flexibility index (Phi) is 5.13. The van der Waals surface area contributed by atoms with Crippen LogP contribution in [-0.4, -0.2) is 36.6 Å². The lowest BCUT2D eigenvalue weighted by Gasteiger charge is -2.11. The lowest BCUT2D eigenvalue weighted by Crippen LogP contribution is -2.23. The Bertz CT molecular complexity index is 660. The fourth-order valence-electron chi connectivity index (χ4n) is 1.91. The Balaban J connectivity index is 2.27. The van der Waals surface area contributed by atoms with Gasteiger partial charge in [0.25, 0.3) is 5.91 Å². The topological polar surface area (TPSA) is 88.2 Å². The zero-order chi connectivity index (χ0) is 15.9. The molecular formula is C15H19N5O2. The van der Waals surface area contributed by atoms with Crippen molar-refractivity contribution in [3.8, 4) is 5.75 Å². The van der Waals surface area contributed by atoms with E-state index in [0.29, 0.717) is 35.3 Å². The van der Waals surface area contributed by atoms with Crippen molar-refractivity contribution in [2.75, 3.05) is 31.3 Å². The summed E-state index contributed by atoms with van der Waals surface area (Å²) in [6, 6.07) is 7.00. The first-order valence-electron chi connectivity index (χ1n) is 6.92. The molecule has 1 aromatic heterocycles. The summed E-state index contributed by atoms with van der Waals surface area (Å²) in [5.74, 6) is 1.48. The molecule has 0 aliphatic rings. The van der Waals surface area contributed by atoms with Crippen molar-refractivity contribution in [3.05, 3.63) is 36.0 Å². The molecule has 0 aliphatic carbocycles. The van der Waals surface area contributed by atoms with Crippen molar-refractivity contribution in [1.82, 2.24) is 15.3 Å². The summed E-state index contributed by atoms with van der Waals surface area (Å²) in [4.78, 5) is 20.5. The van der Waals surface area contributed by atoms with Crippen molar-refractivity contribution in [2.24, 2.45) is 0 Å². The number of hydrogen-bond acceptors (Lipinski definition) is 6. The smallest absolute Gasteiger partial charge is 0.255 e. The largest absolute Gasteiger partial charge is 0.496 e. The fourth-order valence-corrected chi connectivity index (χ4v) is 1.91. The molecule has 1 heterocycles. The van der Waals surface area contributed by atoms with Gasteiger partial charge < -0.3 is 20.7 Å². The van der Waals surface area contributed by atoms with E-state index < -0.39 is 0 Å². The van der Waals surface area contributed by atoms with E-state index in [1.165, 1.54) is 7.11 Å². The molecule has 0 aliphatic heterocycles. The van der Waals surface area contributed by atoms with Gasteiger partial charge in [-0.05, 0) is 31.2 Å². The maximum atomic E-state index is 12.1. The summed E-state index contributed by atoms with van der Waals surface area (Å²) in [6.07, 6.45) is 1.65. The molecule has 0 spiro atoms. The quantitative estimate of drug-likeness (QED) is 0.756. The average molecular weight is 301 g/mol. The number of ether oxygens (including phenoxy) is 1. The molecule has 0 saturated heterocycles. The van der Waals surface area contributed by atoms with Gasteiger partial charge in [-0.1, -0.05) is 0 Å². The van der Waals surface area contributed by atoms with E-state index in [2.05, 4.69) is 25.9 Å². The van der Waals surface area contributed by atoms with Crippen LogP contribution in [0.1, 0.15) is 17.3 Å². The number of carbonyl (C=O) groups is 1. The van der Waals surface area contributed by atoms with Gasteiger partial charge in [0, 0.05) is 25.5 Å². The van der Waals surface area contributed by atoms with Crippen molar-refractivity contribution in [3.63, 3.8) is 0 Å². The summed E-state index contributed by atoms with van der Waals surface area (Å²) >= 11 is 0. The van der Waals surface area contributed by atoms with E-state index in [9.17, 15) is 4.79 Å². The van der Waals surface area contributed by atoms with Crippen LogP contribution in [0.4, 0.5) is 17.5 Å². The summed E-state index contributed by atoms with van der Waals surface area (Å²) in [7, 11) is 3.32. The van der Waals surface area contributed by atoms with E-state index in [-0.39, 0.29) is 5.91 Å². The molecule has 0 atom stereocenters. The number of rotatable bonds is 6. The normalized spacial score (nSPS) is 9.95. The minimum Gasteiger partial charge on any atom is -0.496 e. The van der Waals surface area contributed by atoms with E-state index in [0.717, 1.165) is 0 Å². The van der Waals surface area contributed by atoms with Gasteiger partial charge in [0.2, 0.25) is 5.95 Å². The van der Waals surface area contributed by atoms with Crippen LogP contribution in [0.5, 0.6) is 5.75 Å². The van der Waals surface area contributed by atoms with E-state index in [1.807, 2.05) is 6.92 Å². The van der Waals surface area contributed by atoms with Crippen LogP contribution >= 0.6 is 0 Å². The highest BCUT2D eigenvalue weighted by Crippen LogP contribution is 2.24. The molecule has 22 heavy (non-hydrogen) atoms. The zero-order valence-electron chi connectivity index (χ0n) is 12.8. The molecule has 1 aromatic carbocycles. The molecule has 7 nitrogen and oxygen atoms in total. The summed E-state index contributed by atoms with van der Waals surface area (Å²) < 4.78 is 5.22. The molecule has 3 N–H and O–H groups in total. The molecule has 1 amide bonds. The van der Waals surface area contributed by atoms with Crippen molar-refractivity contribution < 1.29 is 9.53 Å². The number of anilines is 3. The molecule has 0 radical (unpaired) electrons. The standard InChI is InChI=1S/C15H19N5O2/c1-4-17-14(21)11-9-10(5-6-12(11)22-3)19-15-18-8-7-13(16-2)20-15/h5-9H,4H2,1-3H3,(H,17,21)(H2,16,18,19,20). The summed E-state index contributed by atoms with van der Waals surface area (Å²) in [5, 5.41) is 8.77. The number of hydrogen-bond donors (Lipinski definition) is 3. The lowest BCUT2D eigenvalue weighted by atomic mass is 10.1. The van der Waals surface area contributed by atoms with Crippen LogP contribution in [0.25, 0.3) is 0 Å². The third-order valence-electron chi connectivity index (χ3n) is 2.95. The fraction of sp³-hybridized carbons (Fsp3) is 0.267. The van der Waals surface area contributed by atoms with Crippen molar-refractivity contribution in [2.45, 2.75) is 6.92 Å². The van der Waals surface area contributed by atoms with Crippen LogP contribution in [-0.2, 0) is 0 Å². The highest BCUT2D eigenvalue weighted by atomic mass is 16.5. The van der Waals surface area contributed by atoms with Crippen LogP contribution in [0.3, 0.4) is 0 Å². The second kappa shape index (κ2) is 7.26. The molecule has 116 valence electrons. The minimum absolute atomic E-state index is 0.187. The van der Waals surface area contributed by atoms with Gasteiger partial charge in [0.1, 0.15) is 11.6 Å². The van der Waals surface area contributed by atoms with Gasteiger partial charge in [0.05, 0.1) is 12.7 Å². The number of nitrogens with one attached hydrogen (secondary N) is 3. The second-order valence-corrected chi connectivity index (χ2v) is 4.42. The lowest BCUT2D eigenvalue weighted by molar-refractivity contribution is 0.0953. The van der Waals surface area contributed by atoms with Crippen LogP contribution in [0.15, 0.2) is 30.5 Å². The molecule has 0 saturated carbocycles. The maximum absolute atomic E-state index is 12.1. The maximum Gasteiger partial charge on any atom is 0.255 e.